The maximum atomic E-state index is 6.01. The molecule has 1 aromatic heterocycles. The topological polar surface area (TPSA) is 30.3 Å². The van der Waals surface area contributed by atoms with Gasteiger partial charge in [-0.05, 0) is 69.6 Å². The number of likely N-dealkylation sites (tertiary alicyclic amines) is 1. The standard InChI is InChI=1S/C24H30ClN3O/c1-18(2)29-16-15-28-23-6-4-3-5-22(23)26-24(28)20-11-13-27(14-12-20)17-19-7-9-21(25)10-8-19/h3-10,18,20H,11-17H2,1-2H3. The number of benzene rings is 2. The molecule has 29 heavy (non-hydrogen) atoms. The normalized spacial score (nSPS) is 16.1. The average molecular weight is 412 g/mol. The fourth-order valence-corrected chi connectivity index (χ4v) is 4.34. The van der Waals surface area contributed by atoms with E-state index in [4.69, 9.17) is 21.3 Å². The Morgan fingerprint density at radius 1 is 1.07 bits per heavy atom. The molecule has 0 aliphatic carbocycles. The van der Waals surface area contributed by atoms with Gasteiger partial charge in [0.15, 0.2) is 0 Å². The van der Waals surface area contributed by atoms with Gasteiger partial charge in [-0.2, -0.15) is 0 Å². The van der Waals surface area contributed by atoms with Gasteiger partial charge in [0.1, 0.15) is 5.82 Å². The summed E-state index contributed by atoms with van der Waals surface area (Å²) >= 11 is 6.01. The molecule has 0 N–H and O–H groups in total. The van der Waals surface area contributed by atoms with Gasteiger partial charge in [-0.15, -0.1) is 0 Å². The molecule has 0 spiro atoms. The van der Waals surface area contributed by atoms with Gasteiger partial charge < -0.3 is 9.30 Å². The summed E-state index contributed by atoms with van der Waals surface area (Å²) in [7, 11) is 0. The molecule has 4 rings (SSSR count). The van der Waals surface area contributed by atoms with E-state index < -0.39 is 0 Å². The molecule has 2 aromatic carbocycles. The second-order valence-electron chi connectivity index (χ2n) is 8.21. The van der Waals surface area contributed by atoms with E-state index in [-0.39, 0.29) is 6.10 Å². The summed E-state index contributed by atoms with van der Waals surface area (Å²) in [5.41, 5.74) is 3.64. The van der Waals surface area contributed by atoms with Crippen LogP contribution in [0.1, 0.15) is 44.0 Å². The Kier molecular flexibility index (Phi) is 6.53. The molecule has 1 saturated heterocycles. The molecule has 1 aliphatic heterocycles. The lowest BCUT2D eigenvalue weighted by atomic mass is 9.95. The number of fused-ring (bicyclic) bond motifs is 1. The third-order valence-corrected chi connectivity index (χ3v) is 5.97. The quantitative estimate of drug-likeness (QED) is 0.514. The Hall–Kier alpha value is -1.88. The first-order chi connectivity index (χ1) is 14.1. The van der Waals surface area contributed by atoms with E-state index in [0.717, 1.165) is 56.2 Å². The Bertz CT molecular complexity index is 927. The summed E-state index contributed by atoms with van der Waals surface area (Å²) in [5, 5.41) is 0.799. The van der Waals surface area contributed by atoms with Gasteiger partial charge in [-0.1, -0.05) is 35.9 Å². The fraction of sp³-hybridized carbons (Fsp3) is 0.458. The molecule has 0 atom stereocenters. The van der Waals surface area contributed by atoms with Gasteiger partial charge >= 0.3 is 0 Å². The van der Waals surface area contributed by atoms with Crippen LogP contribution in [0.4, 0.5) is 0 Å². The zero-order valence-electron chi connectivity index (χ0n) is 17.4. The minimum atomic E-state index is 0.254. The molecule has 1 aliphatic rings. The molecule has 0 radical (unpaired) electrons. The second-order valence-corrected chi connectivity index (χ2v) is 8.64. The van der Waals surface area contributed by atoms with Crippen LogP contribution in [0.2, 0.25) is 5.02 Å². The molecule has 1 fully saturated rings. The fourth-order valence-electron chi connectivity index (χ4n) is 4.22. The number of rotatable bonds is 7. The Balaban J connectivity index is 1.45. The SMILES string of the molecule is CC(C)OCCn1c(C2CCN(Cc3ccc(Cl)cc3)CC2)nc2ccccc21. The van der Waals surface area contributed by atoms with Gasteiger partial charge in [0.2, 0.25) is 0 Å². The van der Waals surface area contributed by atoms with Crippen LogP contribution < -0.4 is 0 Å². The van der Waals surface area contributed by atoms with E-state index in [2.05, 4.69) is 59.7 Å². The van der Waals surface area contributed by atoms with Gasteiger partial charge in [-0.3, -0.25) is 4.90 Å². The van der Waals surface area contributed by atoms with Crippen molar-refractivity contribution in [2.24, 2.45) is 0 Å². The van der Waals surface area contributed by atoms with Crippen LogP contribution in [0.3, 0.4) is 0 Å². The highest BCUT2D eigenvalue weighted by molar-refractivity contribution is 6.30. The second kappa shape index (κ2) is 9.29. The Morgan fingerprint density at radius 2 is 1.79 bits per heavy atom. The summed E-state index contributed by atoms with van der Waals surface area (Å²) in [4.78, 5) is 7.56. The molecule has 5 heteroatoms. The number of hydrogen-bond donors (Lipinski definition) is 0. The minimum Gasteiger partial charge on any atom is -0.377 e. The number of aromatic nitrogens is 2. The van der Waals surface area contributed by atoms with Crippen LogP contribution in [0.25, 0.3) is 11.0 Å². The van der Waals surface area contributed by atoms with Gasteiger partial charge in [0.25, 0.3) is 0 Å². The number of halogens is 1. The summed E-state index contributed by atoms with van der Waals surface area (Å²) in [6.07, 6.45) is 2.54. The van der Waals surface area contributed by atoms with E-state index in [1.54, 1.807) is 0 Å². The van der Waals surface area contributed by atoms with Crippen molar-refractivity contribution in [2.45, 2.75) is 51.8 Å². The van der Waals surface area contributed by atoms with E-state index in [0.29, 0.717) is 5.92 Å². The van der Waals surface area contributed by atoms with E-state index in [1.165, 1.54) is 16.9 Å². The molecule has 3 aromatic rings. The van der Waals surface area contributed by atoms with E-state index in [1.807, 2.05) is 12.1 Å². The van der Waals surface area contributed by atoms with Crippen molar-refractivity contribution in [3.63, 3.8) is 0 Å². The molecule has 0 unspecified atom stereocenters. The summed E-state index contributed by atoms with van der Waals surface area (Å²) in [6.45, 7) is 8.94. The molecule has 2 heterocycles. The first-order valence-corrected chi connectivity index (χ1v) is 11.0. The highest BCUT2D eigenvalue weighted by atomic mass is 35.5. The van der Waals surface area contributed by atoms with Crippen molar-refractivity contribution < 1.29 is 4.74 Å². The van der Waals surface area contributed by atoms with Crippen molar-refractivity contribution in [1.82, 2.24) is 14.5 Å². The lowest BCUT2D eigenvalue weighted by Crippen LogP contribution is -2.33. The Morgan fingerprint density at radius 3 is 2.52 bits per heavy atom. The predicted octanol–water partition coefficient (Wildman–Crippen LogP) is 5.49. The maximum Gasteiger partial charge on any atom is 0.113 e. The maximum absolute atomic E-state index is 6.01. The van der Waals surface area contributed by atoms with E-state index in [9.17, 15) is 0 Å². The van der Waals surface area contributed by atoms with Crippen molar-refractivity contribution in [2.75, 3.05) is 19.7 Å². The summed E-state index contributed by atoms with van der Waals surface area (Å²) in [6, 6.07) is 16.7. The molecule has 4 nitrogen and oxygen atoms in total. The first-order valence-electron chi connectivity index (χ1n) is 10.6. The van der Waals surface area contributed by atoms with Crippen LogP contribution in [0.15, 0.2) is 48.5 Å². The Labute approximate surface area is 178 Å². The highest BCUT2D eigenvalue weighted by Gasteiger charge is 2.25. The molecule has 154 valence electrons. The number of para-hydroxylation sites is 2. The largest absolute Gasteiger partial charge is 0.377 e. The van der Waals surface area contributed by atoms with Crippen LogP contribution in [0, 0.1) is 0 Å². The molecule has 0 saturated carbocycles. The molecule has 0 amide bonds. The van der Waals surface area contributed by atoms with Crippen LogP contribution >= 0.6 is 11.6 Å². The zero-order chi connectivity index (χ0) is 20.2. The lowest BCUT2D eigenvalue weighted by molar-refractivity contribution is 0.0724. The molecular weight excluding hydrogens is 382 g/mol. The summed E-state index contributed by atoms with van der Waals surface area (Å²) in [5.74, 6) is 1.73. The smallest absolute Gasteiger partial charge is 0.113 e. The van der Waals surface area contributed by atoms with Crippen molar-refractivity contribution >= 4 is 22.6 Å². The average Bonchev–Trinajstić information content (AvgIpc) is 3.09. The third-order valence-electron chi connectivity index (χ3n) is 5.72. The van der Waals surface area contributed by atoms with Crippen molar-refractivity contribution in [1.29, 1.82) is 0 Å². The number of piperidine rings is 1. The third kappa shape index (κ3) is 5.00. The van der Waals surface area contributed by atoms with Crippen LogP contribution in [-0.2, 0) is 17.8 Å². The van der Waals surface area contributed by atoms with Gasteiger partial charge in [0, 0.05) is 24.0 Å². The van der Waals surface area contributed by atoms with Crippen LogP contribution in [0.5, 0.6) is 0 Å². The first kappa shape index (κ1) is 20.4. The zero-order valence-corrected chi connectivity index (χ0v) is 18.1. The summed E-state index contributed by atoms with van der Waals surface area (Å²) < 4.78 is 8.22. The van der Waals surface area contributed by atoms with Gasteiger partial charge in [0.05, 0.1) is 23.7 Å². The van der Waals surface area contributed by atoms with E-state index >= 15 is 0 Å². The van der Waals surface area contributed by atoms with Crippen molar-refractivity contribution in [3.05, 3.63) is 64.9 Å². The van der Waals surface area contributed by atoms with Crippen LogP contribution in [-0.4, -0.2) is 40.3 Å². The number of nitrogens with zero attached hydrogens (tertiary/aromatic N) is 3. The minimum absolute atomic E-state index is 0.254. The molecular formula is C24H30ClN3O. The predicted molar refractivity (Wildman–Crippen MR) is 120 cm³/mol. The van der Waals surface area contributed by atoms with Crippen molar-refractivity contribution in [3.8, 4) is 0 Å². The van der Waals surface area contributed by atoms with Gasteiger partial charge in [-0.25, -0.2) is 4.98 Å². The monoisotopic (exact) mass is 411 g/mol. The number of ether oxygens (including phenoxy) is 1. The molecule has 0 bridgehead atoms. The number of imidazole rings is 1. The highest BCUT2D eigenvalue weighted by Crippen LogP contribution is 2.31. The number of hydrogen-bond acceptors (Lipinski definition) is 3. The lowest BCUT2D eigenvalue weighted by Gasteiger charge is -2.32.